The maximum Gasteiger partial charge on any atom is 0.220 e. The van der Waals surface area contributed by atoms with Gasteiger partial charge in [-0.2, -0.15) is 5.10 Å². The molecule has 0 saturated carbocycles. The van der Waals surface area contributed by atoms with E-state index < -0.39 is 0 Å². The van der Waals surface area contributed by atoms with Gasteiger partial charge in [0.15, 0.2) is 0 Å². The van der Waals surface area contributed by atoms with Crippen LogP contribution in [-0.2, 0) is 4.79 Å². The molecule has 24 heavy (non-hydrogen) atoms. The molecule has 0 aliphatic heterocycles. The van der Waals surface area contributed by atoms with Crippen molar-refractivity contribution >= 4 is 18.3 Å². The van der Waals surface area contributed by atoms with Gasteiger partial charge in [-0.1, -0.05) is 0 Å². The number of halogens is 2. The molecule has 0 fully saturated rings. The van der Waals surface area contributed by atoms with Crippen LogP contribution in [0.4, 0.5) is 4.39 Å². The molecule has 0 radical (unpaired) electrons. The first-order valence-corrected chi connectivity index (χ1v) is 7.74. The number of rotatable bonds is 6. The van der Waals surface area contributed by atoms with Gasteiger partial charge in [-0.25, -0.2) is 9.07 Å². The van der Waals surface area contributed by atoms with Crippen LogP contribution in [0.5, 0.6) is 0 Å². The smallest absolute Gasteiger partial charge is 0.220 e. The van der Waals surface area contributed by atoms with Crippen LogP contribution in [0, 0.1) is 12.7 Å². The lowest BCUT2D eigenvalue weighted by atomic mass is 10.1. The summed E-state index contributed by atoms with van der Waals surface area (Å²) in [6, 6.07) is 6.00. The van der Waals surface area contributed by atoms with E-state index in [0.29, 0.717) is 12.8 Å². The fourth-order valence-electron chi connectivity index (χ4n) is 2.44. The van der Waals surface area contributed by atoms with Crippen molar-refractivity contribution in [2.24, 2.45) is 5.73 Å². The van der Waals surface area contributed by atoms with Gasteiger partial charge in [0.05, 0.1) is 17.9 Å². The number of nitrogens with two attached hydrogens (primary N) is 1. The number of amides is 1. The largest absolute Gasteiger partial charge is 0.349 e. The summed E-state index contributed by atoms with van der Waals surface area (Å²) in [5.41, 5.74) is 8.30. The molecule has 1 heterocycles. The van der Waals surface area contributed by atoms with Crippen LogP contribution in [0.2, 0.25) is 0 Å². The number of carbonyl (C=O) groups excluding carboxylic acids is 1. The van der Waals surface area contributed by atoms with Crippen molar-refractivity contribution in [3.8, 4) is 5.69 Å². The molecule has 2 unspecified atom stereocenters. The molecular weight excluding hydrogens is 331 g/mol. The Morgan fingerprint density at radius 3 is 2.54 bits per heavy atom. The standard InChI is InChI=1S/C17H23FN4O.ClH/c1-11(19)4-9-17(23)21-12(2)16-10-20-22(13(16)3)15-7-5-14(18)6-8-15;/h5-8,10-12H,4,9,19H2,1-3H3,(H,21,23);1H. The molecule has 5 nitrogen and oxygen atoms in total. The molecule has 7 heteroatoms. The Morgan fingerprint density at radius 1 is 1.33 bits per heavy atom. The number of nitrogens with one attached hydrogen (secondary N) is 1. The van der Waals surface area contributed by atoms with Crippen LogP contribution >= 0.6 is 12.4 Å². The van der Waals surface area contributed by atoms with Crippen LogP contribution in [0.3, 0.4) is 0 Å². The zero-order chi connectivity index (χ0) is 17.0. The predicted octanol–water partition coefficient (Wildman–Crippen LogP) is 3.05. The minimum absolute atomic E-state index is 0. The summed E-state index contributed by atoms with van der Waals surface area (Å²) in [7, 11) is 0. The molecule has 1 aromatic carbocycles. The maximum atomic E-state index is 13.0. The molecule has 0 aliphatic rings. The van der Waals surface area contributed by atoms with E-state index in [9.17, 15) is 9.18 Å². The first kappa shape index (κ1) is 20.1. The monoisotopic (exact) mass is 354 g/mol. The normalized spacial score (nSPS) is 13.0. The molecule has 2 atom stereocenters. The van der Waals surface area contributed by atoms with Crippen molar-refractivity contribution < 1.29 is 9.18 Å². The van der Waals surface area contributed by atoms with Crippen molar-refractivity contribution in [1.29, 1.82) is 0 Å². The Kier molecular flexibility index (Phi) is 7.38. The number of nitrogens with zero attached hydrogens (tertiary/aromatic N) is 2. The number of hydrogen-bond acceptors (Lipinski definition) is 3. The van der Waals surface area contributed by atoms with Gasteiger partial charge in [0.25, 0.3) is 0 Å². The lowest BCUT2D eigenvalue weighted by Crippen LogP contribution is -2.28. The summed E-state index contributed by atoms with van der Waals surface area (Å²) < 4.78 is 14.8. The summed E-state index contributed by atoms with van der Waals surface area (Å²) in [5, 5.41) is 7.30. The van der Waals surface area contributed by atoms with E-state index in [-0.39, 0.29) is 36.2 Å². The fourth-order valence-corrected chi connectivity index (χ4v) is 2.44. The molecule has 132 valence electrons. The van der Waals surface area contributed by atoms with Crippen molar-refractivity contribution in [3.05, 3.63) is 47.5 Å². The molecule has 1 aromatic heterocycles. The van der Waals surface area contributed by atoms with E-state index in [4.69, 9.17) is 5.73 Å². The SMILES string of the molecule is Cc1c(C(C)NC(=O)CCC(C)N)cnn1-c1ccc(F)cc1.Cl. The van der Waals surface area contributed by atoms with Crippen molar-refractivity contribution in [1.82, 2.24) is 15.1 Å². The predicted molar refractivity (Wildman–Crippen MR) is 94.9 cm³/mol. The molecule has 0 saturated heterocycles. The van der Waals surface area contributed by atoms with E-state index >= 15 is 0 Å². The third-order valence-corrected chi connectivity index (χ3v) is 3.79. The summed E-state index contributed by atoms with van der Waals surface area (Å²) in [5.74, 6) is -0.308. The lowest BCUT2D eigenvalue weighted by Gasteiger charge is -2.14. The molecule has 0 aliphatic carbocycles. The van der Waals surface area contributed by atoms with Gasteiger partial charge >= 0.3 is 0 Å². The Labute approximate surface area is 147 Å². The zero-order valence-electron chi connectivity index (χ0n) is 14.1. The topological polar surface area (TPSA) is 72.9 Å². The Balaban J connectivity index is 0.00000288. The van der Waals surface area contributed by atoms with Gasteiger partial charge in [0.1, 0.15) is 5.82 Å². The first-order valence-electron chi connectivity index (χ1n) is 7.74. The highest BCUT2D eigenvalue weighted by Gasteiger charge is 2.16. The van der Waals surface area contributed by atoms with Gasteiger partial charge < -0.3 is 11.1 Å². The molecule has 3 N–H and O–H groups in total. The highest BCUT2D eigenvalue weighted by atomic mass is 35.5. The van der Waals surface area contributed by atoms with Crippen molar-refractivity contribution in [2.75, 3.05) is 0 Å². The molecule has 0 spiro atoms. The van der Waals surface area contributed by atoms with Crippen LogP contribution in [-0.4, -0.2) is 21.7 Å². The number of carbonyl (C=O) groups is 1. The van der Waals surface area contributed by atoms with E-state index in [0.717, 1.165) is 16.9 Å². The number of hydrogen-bond donors (Lipinski definition) is 2. The summed E-state index contributed by atoms with van der Waals surface area (Å²) in [6.45, 7) is 5.73. The summed E-state index contributed by atoms with van der Waals surface area (Å²) >= 11 is 0. The van der Waals surface area contributed by atoms with Gasteiger partial charge in [-0.05, 0) is 51.5 Å². The van der Waals surface area contributed by atoms with Gasteiger partial charge in [-0.3, -0.25) is 4.79 Å². The lowest BCUT2D eigenvalue weighted by molar-refractivity contribution is -0.121. The van der Waals surface area contributed by atoms with E-state index in [1.54, 1.807) is 23.0 Å². The Bertz CT molecular complexity index is 670. The van der Waals surface area contributed by atoms with E-state index in [1.807, 2.05) is 20.8 Å². The fraction of sp³-hybridized carbons (Fsp3) is 0.412. The number of benzene rings is 1. The zero-order valence-corrected chi connectivity index (χ0v) is 14.9. The van der Waals surface area contributed by atoms with Crippen LogP contribution in [0.25, 0.3) is 5.69 Å². The summed E-state index contributed by atoms with van der Waals surface area (Å²) in [4.78, 5) is 11.9. The second kappa shape index (κ2) is 8.80. The van der Waals surface area contributed by atoms with E-state index in [2.05, 4.69) is 10.4 Å². The average molecular weight is 355 g/mol. The van der Waals surface area contributed by atoms with Crippen LogP contribution in [0.15, 0.2) is 30.5 Å². The Morgan fingerprint density at radius 2 is 1.96 bits per heavy atom. The molecule has 0 bridgehead atoms. The van der Waals surface area contributed by atoms with E-state index in [1.165, 1.54) is 12.1 Å². The maximum absolute atomic E-state index is 13.0. The highest BCUT2D eigenvalue weighted by molar-refractivity contribution is 5.85. The molecule has 2 aromatic rings. The second-order valence-corrected chi connectivity index (χ2v) is 5.88. The minimum atomic E-state index is -0.284. The third-order valence-electron chi connectivity index (χ3n) is 3.79. The molecule has 2 rings (SSSR count). The van der Waals surface area contributed by atoms with Crippen LogP contribution in [0.1, 0.15) is 44.0 Å². The van der Waals surface area contributed by atoms with Gasteiger partial charge in [-0.15, -0.1) is 12.4 Å². The van der Waals surface area contributed by atoms with Gasteiger partial charge in [0.2, 0.25) is 5.91 Å². The van der Waals surface area contributed by atoms with Crippen LogP contribution < -0.4 is 11.1 Å². The minimum Gasteiger partial charge on any atom is -0.349 e. The second-order valence-electron chi connectivity index (χ2n) is 5.88. The van der Waals surface area contributed by atoms with Gasteiger partial charge in [0, 0.05) is 23.7 Å². The Hall–Kier alpha value is -1.92. The van der Waals surface area contributed by atoms with Crippen molar-refractivity contribution in [2.45, 2.75) is 45.7 Å². The average Bonchev–Trinajstić information content (AvgIpc) is 2.88. The quantitative estimate of drug-likeness (QED) is 0.837. The number of aromatic nitrogens is 2. The first-order chi connectivity index (χ1) is 10.9. The highest BCUT2D eigenvalue weighted by Crippen LogP contribution is 2.20. The summed E-state index contributed by atoms with van der Waals surface area (Å²) in [6.07, 6.45) is 2.80. The molecular formula is C17H24ClFN4O. The third kappa shape index (κ3) is 5.04. The van der Waals surface area contributed by atoms with Crippen molar-refractivity contribution in [3.63, 3.8) is 0 Å². The molecule has 1 amide bonds.